The minimum atomic E-state index is -3.69. The molecule has 0 unspecified atom stereocenters. The van der Waals surface area contributed by atoms with Crippen LogP contribution < -0.4 is 20.0 Å². The quantitative estimate of drug-likeness (QED) is 0.650. The SMILES string of the molecule is COc1ccc(N(CC(=O)Nc2ccc3c(c2)n(C)c(=O)n3C)S(C)(=O)=O)cc1. The Morgan fingerprint density at radius 2 is 1.69 bits per heavy atom. The maximum atomic E-state index is 12.5. The fourth-order valence-corrected chi connectivity index (χ4v) is 3.92. The lowest BCUT2D eigenvalue weighted by atomic mass is 10.2. The molecule has 1 aromatic heterocycles. The number of nitrogens with zero attached hydrogens (tertiary/aromatic N) is 3. The Hall–Kier alpha value is -3.27. The van der Waals surface area contributed by atoms with E-state index in [4.69, 9.17) is 4.74 Å². The van der Waals surface area contributed by atoms with Gasteiger partial charge in [0.1, 0.15) is 12.3 Å². The molecular weight excluding hydrogens is 396 g/mol. The van der Waals surface area contributed by atoms with Gasteiger partial charge in [0.2, 0.25) is 15.9 Å². The van der Waals surface area contributed by atoms with E-state index in [0.717, 1.165) is 16.1 Å². The van der Waals surface area contributed by atoms with E-state index in [0.29, 0.717) is 22.6 Å². The summed E-state index contributed by atoms with van der Waals surface area (Å²) < 4.78 is 33.5. The molecule has 0 aliphatic heterocycles. The van der Waals surface area contributed by atoms with Crippen LogP contribution in [-0.2, 0) is 28.9 Å². The van der Waals surface area contributed by atoms with Gasteiger partial charge in [0.15, 0.2) is 0 Å². The summed E-state index contributed by atoms with van der Waals surface area (Å²) in [6.45, 7) is -0.392. The summed E-state index contributed by atoms with van der Waals surface area (Å²) in [5.74, 6) is 0.0694. The first kappa shape index (κ1) is 20.5. The minimum Gasteiger partial charge on any atom is -0.497 e. The summed E-state index contributed by atoms with van der Waals surface area (Å²) in [5, 5.41) is 2.69. The average Bonchev–Trinajstić information content (AvgIpc) is 2.89. The first-order valence-electron chi connectivity index (χ1n) is 8.69. The molecule has 2 aromatic carbocycles. The highest BCUT2D eigenvalue weighted by molar-refractivity contribution is 7.92. The fourth-order valence-electron chi connectivity index (χ4n) is 3.06. The van der Waals surface area contributed by atoms with Gasteiger partial charge in [-0.2, -0.15) is 0 Å². The van der Waals surface area contributed by atoms with E-state index in [1.165, 1.54) is 16.2 Å². The summed E-state index contributed by atoms with van der Waals surface area (Å²) in [5.41, 5.74) is 2.03. The Morgan fingerprint density at radius 1 is 1.07 bits per heavy atom. The number of methoxy groups -OCH3 is 1. The molecule has 10 heteroatoms. The van der Waals surface area contributed by atoms with Gasteiger partial charge in [0.25, 0.3) is 0 Å². The molecule has 3 aromatic rings. The normalized spacial score (nSPS) is 11.4. The molecule has 9 nitrogen and oxygen atoms in total. The highest BCUT2D eigenvalue weighted by Gasteiger charge is 2.21. The van der Waals surface area contributed by atoms with Crippen LogP contribution in [0.25, 0.3) is 11.0 Å². The number of benzene rings is 2. The summed E-state index contributed by atoms with van der Waals surface area (Å²) in [4.78, 5) is 24.6. The number of carbonyl (C=O) groups excluding carboxylic acids is 1. The smallest absolute Gasteiger partial charge is 0.328 e. The van der Waals surface area contributed by atoms with Crippen LogP contribution in [0, 0.1) is 0 Å². The Morgan fingerprint density at radius 3 is 2.28 bits per heavy atom. The number of fused-ring (bicyclic) bond motifs is 1. The number of aromatic nitrogens is 2. The second kappa shape index (κ2) is 7.63. The Bertz CT molecular complexity index is 1230. The van der Waals surface area contributed by atoms with E-state index in [1.807, 2.05) is 0 Å². The standard InChI is InChI=1S/C19H22N4O5S/c1-21-16-10-5-13(11-17(16)22(2)19(21)25)20-18(24)12-23(29(4,26)27)14-6-8-15(28-3)9-7-14/h5-11H,12H2,1-4H3,(H,20,24). The zero-order chi connectivity index (χ0) is 21.3. The summed E-state index contributed by atoms with van der Waals surface area (Å²) in [7, 11) is 1.14. The summed E-state index contributed by atoms with van der Waals surface area (Å²) >= 11 is 0. The van der Waals surface area contributed by atoms with Crippen molar-refractivity contribution in [2.45, 2.75) is 0 Å². The summed E-state index contributed by atoms with van der Waals surface area (Å²) in [6.07, 6.45) is 1.04. The topological polar surface area (TPSA) is 103 Å². The predicted octanol–water partition coefficient (Wildman–Crippen LogP) is 1.29. The molecule has 0 radical (unpaired) electrons. The maximum Gasteiger partial charge on any atom is 0.328 e. The van der Waals surface area contributed by atoms with Gasteiger partial charge in [0.05, 0.1) is 30.1 Å². The number of carbonyl (C=O) groups is 1. The minimum absolute atomic E-state index is 0.175. The molecule has 0 saturated carbocycles. The van der Waals surface area contributed by atoms with Crippen molar-refractivity contribution in [2.75, 3.05) is 29.5 Å². The zero-order valence-electron chi connectivity index (χ0n) is 16.5. The molecule has 1 N–H and O–H groups in total. The largest absolute Gasteiger partial charge is 0.497 e. The molecule has 0 aliphatic carbocycles. The molecule has 0 atom stereocenters. The Kier molecular flexibility index (Phi) is 5.38. The molecule has 0 fully saturated rings. The van der Waals surface area contributed by atoms with Crippen LogP contribution in [0.15, 0.2) is 47.3 Å². The molecule has 1 heterocycles. The lowest BCUT2D eigenvalue weighted by Crippen LogP contribution is -2.37. The number of rotatable bonds is 6. The van der Waals surface area contributed by atoms with Gasteiger partial charge in [-0.05, 0) is 42.5 Å². The van der Waals surface area contributed by atoms with Gasteiger partial charge in [-0.25, -0.2) is 13.2 Å². The highest BCUT2D eigenvalue weighted by atomic mass is 32.2. The number of aryl methyl sites for hydroxylation is 2. The Labute approximate surface area is 168 Å². The van der Waals surface area contributed by atoms with Crippen molar-refractivity contribution in [3.8, 4) is 5.75 Å². The number of nitrogens with one attached hydrogen (secondary N) is 1. The van der Waals surface area contributed by atoms with Crippen LogP contribution in [0.1, 0.15) is 0 Å². The second-order valence-corrected chi connectivity index (χ2v) is 8.53. The van der Waals surface area contributed by atoms with E-state index in [2.05, 4.69) is 5.32 Å². The van der Waals surface area contributed by atoms with Crippen LogP contribution >= 0.6 is 0 Å². The van der Waals surface area contributed by atoms with Crippen molar-refractivity contribution in [3.05, 3.63) is 52.9 Å². The van der Waals surface area contributed by atoms with Crippen molar-refractivity contribution in [2.24, 2.45) is 14.1 Å². The van der Waals surface area contributed by atoms with E-state index >= 15 is 0 Å². The Balaban J connectivity index is 1.84. The predicted molar refractivity (Wildman–Crippen MR) is 112 cm³/mol. The summed E-state index contributed by atoms with van der Waals surface area (Å²) in [6, 6.07) is 11.4. The molecule has 0 spiro atoms. The van der Waals surface area contributed by atoms with Crippen LogP contribution in [0.4, 0.5) is 11.4 Å². The number of ether oxygens (including phenoxy) is 1. The van der Waals surface area contributed by atoms with E-state index in [-0.39, 0.29) is 5.69 Å². The molecule has 154 valence electrons. The van der Waals surface area contributed by atoms with Crippen LogP contribution in [0.5, 0.6) is 5.75 Å². The third kappa shape index (κ3) is 4.11. The number of imidazole rings is 1. The molecule has 0 saturated heterocycles. The fraction of sp³-hybridized carbons (Fsp3) is 0.263. The molecule has 0 aliphatic rings. The van der Waals surface area contributed by atoms with Crippen molar-refractivity contribution in [3.63, 3.8) is 0 Å². The number of anilines is 2. The number of amides is 1. The molecule has 0 bridgehead atoms. The first-order valence-corrected chi connectivity index (χ1v) is 10.5. The van der Waals surface area contributed by atoms with Crippen molar-refractivity contribution >= 4 is 38.3 Å². The third-order valence-corrected chi connectivity index (χ3v) is 5.74. The highest BCUT2D eigenvalue weighted by Crippen LogP contribution is 2.22. The van der Waals surface area contributed by atoms with Gasteiger partial charge in [-0.15, -0.1) is 0 Å². The third-order valence-electron chi connectivity index (χ3n) is 4.60. The van der Waals surface area contributed by atoms with Gasteiger partial charge < -0.3 is 10.1 Å². The first-order chi connectivity index (χ1) is 13.6. The van der Waals surface area contributed by atoms with Gasteiger partial charge in [-0.1, -0.05) is 0 Å². The molecule has 1 amide bonds. The van der Waals surface area contributed by atoms with E-state index < -0.39 is 22.5 Å². The second-order valence-electron chi connectivity index (χ2n) is 6.62. The van der Waals surface area contributed by atoms with Gasteiger partial charge in [0, 0.05) is 19.8 Å². The lowest BCUT2D eigenvalue weighted by molar-refractivity contribution is -0.114. The van der Waals surface area contributed by atoms with E-state index in [9.17, 15) is 18.0 Å². The van der Waals surface area contributed by atoms with E-state index in [1.54, 1.807) is 56.6 Å². The molecule has 29 heavy (non-hydrogen) atoms. The lowest BCUT2D eigenvalue weighted by Gasteiger charge is -2.22. The number of hydrogen-bond acceptors (Lipinski definition) is 5. The van der Waals surface area contributed by atoms with Crippen molar-refractivity contribution in [1.82, 2.24) is 9.13 Å². The van der Waals surface area contributed by atoms with Crippen molar-refractivity contribution in [1.29, 1.82) is 0 Å². The average molecular weight is 418 g/mol. The zero-order valence-corrected chi connectivity index (χ0v) is 17.4. The van der Waals surface area contributed by atoms with Gasteiger partial charge in [-0.3, -0.25) is 18.2 Å². The monoisotopic (exact) mass is 418 g/mol. The molecular formula is C19H22N4O5S. The number of sulfonamides is 1. The van der Waals surface area contributed by atoms with Crippen LogP contribution in [0.2, 0.25) is 0 Å². The molecule has 3 rings (SSSR count). The maximum absolute atomic E-state index is 12.5. The van der Waals surface area contributed by atoms with Crippen LogP contribution in [-0.4, -0.2) is 43.4 Å². The van der Waals surface area contributed by atoms with Crippen LogP contribution in [0.3, 0.4) is 0 Å². The number of hydrogen-bond donors (Lipinski definition) is 1. The van der Waals surface area contributed by atoms with Crippen molar-refractivity contribution < 1.29 is 17.9 Å². The van der Waals surface area contributed by atoms with Gasteiger partial charge >= 0.3 is 5.69 Å².